The minimum atomic E-state index is 0.373. The molecule has 3 heteroatoms. The van der Waals surface area contributed by atoms with Gasteiger partial charge in [0.1, 0.15) is 5.82 Å². The molecule has 4 bridgehead atoms. The molecule has 21 heavy (non-hydrogen) atoms. The van der Waals surface area contributed by atoms with Crippen LogP contribution in [-0.2, 0) is 0 Å². The molecular formula is C18H27N3. The zero-order valence-electron chi connectivity index (χ0n) is 13.2. The molecule has 0 amide bonds. The maximum atomic E-state index is 6.23. The number of nitrogen functional groups attached to an aromatic ring is 1. The quantitative estimate of drug-likeness (QED) is 0.894. The van der Waals surface area contributed by atoms with E-state index >= 15 is 0 Å². The highest BCUT2D eigenvalue weighted by atomic mass is 14.9. The lowest BCUT2D eigenvalue weighted by Gasteiger charge is -2.59. The highest BCUT2D eigenvalue weighted by Crippen LogP contribution is 2.64. The van der Waals surface area contributed by atoms with Crippen LogP contribution in [0.5, 0.6) is 0 Å². The Bertz CT molecular complexity index is 516. The van der Waals surface area contributed by atoms with Gasteiger partial charge in [0.05, 0.1) is 0 Å². The van der Waals surface area contributed by atoms with Gasteiger partial charge >= 0.3 is 0 Å². The van der Waals surface area contributed by atoms with Crippen LogP contribution in [0.4, 0.5) is 5.82 Å². The fraction of sp³-hybridized carbons (Fsp3) is 0.722. The van der Waals surface area contributed by atoms with E-state index in [0.29, 0.717) is 11.5 Å². The van der Waals surface area contributed by atoms with Crippen LogP contribution in [0.1, 0.15) is 55.7 Å². The van der Waals surface area contributed by atoms with Gasteiger partial charge in [-0.15, -0.1) is 0 Å². The van der Waals surface area contributed by atoms with Crippen molar-refractivity contribution in [3.05, 3.63) is 23.4 Å². The van der Waals surface area contributed by atoms with Crippen molar-refractivity contribution in [2.75, 3.05) is 12.8 Å². The van der Waals surface area contributed by atoms with Crippen LogP contribution >= 0.6 is 0 Å². The fourth-order valence-electron chi connectivity index (χ4n) is 6.16. The van der Waals surface area contributed by atoms with Gasteiger partial charge in [-0.05, 0) is 87.3 Å². The molecule has 4 fully saturated rings. The average Bonchev–Trinajstić information content (AvgIpc) is 2.41. The lowest BCUT2D eigenvalue weighted by Crippen LogP contribution is -2.51. The summed E-state index contributed by atoms with van der Waals surface area (Å²) in [5, 5.41) is 3.62. The van der Waals surface area contributed by atoms with Crippen molar-refractivity contribution in [1.29, 1.82) is 0 Å². The number of pyridine rings is 1. The Hall–Kier alpha value is -1.09. The van der Waals surface area contributed by atoms with E-state index < -0.39 is 0 Å². The predicted molar refractivity (Wildman–Crippen MR) is 85.8 cm³/mol. The van der Waals surface area contributed by atoms with Gasteiger partial charge in [0.15, 0.2) is 0 Å². The Morgan fingerprint density at radius 3 is 2.29 bits per heavy atom. The number of nitrogens with zero attached hydrogens (tertiary/aromatic N) is 1. The summed E-state index contributed by atoms with van der Waals surface area (Å²) in [6.45, 7) is 2.11. The van der Waals surface area contributed by atoms with Crippen molar-refractivity contribution in [2.24, 2.45) is 23.2 Å². The third-order valence-electron chi connectivity index (χ3n) is 6.38. The van der Waals surface area contributed by atoms with Crippen molar-refractivity contribution in [2.45, 2.75) is 51.5 Å². The standard InChI is InChI=1S/C18H27N3/c1-11-3-15(17(19)21-10-11)16(20-2)18-7-12-4-13(8-18)6-14(5-12)9-18/h3,10,12-14,16,20H,4-9H2,1-2H3,(H2,19,21). The van der Waals surface area contributed by atoms with Crippen LogP contribution in [0.3, 0.4) is 0 Å². The summed E-state index contributed by atoms with van der Waals surface area (Å²) >= 11 is 0. The summed E-state index contributed by atoms with van der Waals surface area (Å²) in [5.41, 5.74) is 9.11. The summed E-state index contributed by atoms with van der Waals surface area (Å²) in [6.07, 6.45) is 10.5. The molecule has 5 rings (SSSR count). The third kappa shape index (κ3) is 2.09. The smallest absolute Gasteiger partial charge is 0.128 e. The molecule has 4 aliphatic carbocycles. The minimum absolute atomic E-state index is 0.373. The number of anilines is 1. The summed E-state index contributed by atoms with van der Waals surface area (Å²) in [5.74, 6) is 3.61. The molecule has 1 unspecified atom stereocenters. The molecule has 3 N–H and O–H groups in total. The van der Waals surface area contributed by atoms with Crippen molar-refractivity contribution >= 4 is 5.82 Å². The van der Waals surface area contributed by atoms with Crippen molar-refractivity contribution in [3.63, 3.8) is 0 Å². The first-order valence-corrected chi connectivity index (χ1v) is 8.49. The van der Waals surface area contributed by atoms with E-state index in [0.717, 1.165) is 23.6 Å². The van der Waals surface area contributed by atoms with Crippen LogP contribution in [0.15, 0.2) is 12.3 Å². The monoisotopic (exact) mass is 285 g/mol. The number of rotatable bonds is 3. The van der Waals surface area contributed by atoms with Crippen molar-refractivity contribution in [3.8, 4) is 0 Å². The van der Waals surface area contributed by atoms with Gasteiger partial charge in [-0.1, -0.05) is 0 Å². The first-order chi connectivity index (χ1) is 10.1. The highest BCUT2D eigenvalue weighted by Gasteiger charge is 2.54. The minimum Gasteiger partial charge on any atom is -0.383 e. The number of nitrogens with two attached hydrogens (primary N) is 1. The third-order valence-corrected chi connectivity index (χ3v) is 6.38. The summed E-state index contributed by atoms with van der Waals surface area (Å²) in [4.78, 5) is 4.41. The Morgan fingerprint density at radius 1 is 1.19 bits per heavy atom. The van der Waals surface area contributed by atoms with E-state index in [1.165, 1.54) is 49.7 Å². The molecule has 1 heterocycles. The number of aryl methyl sites for hydroxylation is 1. The van der Waals surface area contributed by atoms with Gasteiger partial charge < -0.3 is 11.1 Å². The second kappa shape index (κ2) is 4.70. The van der Waals surface area contributed by atoms with E-state index in [1.54, 1.807) is 0 Å². The molecule has 0 saturated heterocycles. The molecule has 4 aliphatic rings. The second-order valence-corrected chi connectivity index (χ2v) is 7.99. The van der Waals surface area contributed by atoms with Crippen LogP contribution in [0.25, 0.3) is 0 Å². The van der Waals surface area contributed by atoms with E-state index in [1.807, 2.05) is 6.20 Å². The van der Waals surface area contributed by atoms with Crippen LogP contribution < -0.4 is 11.1 Å². The van der Waals surface area contributed by atoms with Crippen molar-refractivity contribution in [1.82, 2.24) is 10.3 Å². The Morgan fingerprint density at radius 2 is 1.76 bits per heavy atom. The van der Waals surface area contributed by atoms with Gasteiger partial charge in [0.25, 0.3) is 0 Å². The Labute approximate surface area is 127 Å². The molecule has 1 aromatic rings. The maximum Gasteiger partial charge on any atom is 0.128 e. The Balaban J connectivity index is 1.74. The average molecular weight is 285 g/mol. The SMILES string of the molecule is CNC(c1cc(C)cnc1N)C12CC3CC(CC(C3)C1)C2. The van der Waals surface area contributed by atoms with Gasteiger partial charge in [-0.25, -0.2) is 4.98 Å². The van der Waals surface area contributed by atoms with Crippen molar-refractivity contribution < 1.29 is 0 Å². The molecule has 114 valence electrons. The molecule has 3 nitrogen and oxygen atoms in total. The fourth-order valence-corrected chi connectivity index (χ4v) is 6.16. The van der Waals surface area contributed by atoms with Gasteiger partial charge in [-0.3, -0.25) is 0 Å². The van der Waals surface area contributed by atoms with Crippen LogP contribution in [0, 0.1) is 30.1 Å². The first kappa shape index (κ1) is 13.6. The summed E-state index contributed by atoms with van der Waals surface area (Å²) in [6, 6.07) is 2.63. The predicted octanol–water partition coefficient (Wildman–Crippen LogP) is 3.45. The zero-order valence-corrected chi connectivity index (χ0v) is 13.2. The largest absolute Gasteiger partial charge is 0.383 e. The normalized spacial score (nSPS) is 38.7. The van der Waals surface area contributed by atoms with Gasteiger partial charge in [-0.2, -0.15) is 0 Å². The van der Waals surface area contributed by atoms with Gasteiger partial charge in [0.2, 0.25) is 0 Å². The summed E-state index contributed by atoms with van der Waals surface area (Å²) in [7, 11) is 2.10. The molecule has 1 aromatic heterocycles. The topological polar surface area (TPSA) is 50.9 Å². The molecule has 4 saturated carbocycles. The van der Waals surface area contributed by atoms with Crippen LogP contribution in [-0.4, -0.2) is 12.0 Å². The second-order valence-electron chi connectivity index (χ2n) is 7.99. The number of nitrogens with one attached hydrogen (secondary N) is 1. The lowest BCUT2D eigenvalue weighted by atomic mass is 9.47. The number of hydrogen-bond donors (Lipinski definition) is 2. The highest BCUT2D eigenvalue weighted by molar-refractivity contribution is 5.44. The molecule has 0 radical (unpaired) electrons. The first-order valence-electron chi connectivity index (χ1n) is 8.49. The molecular weight excluding hydrogens is 258 g/mol. The number of hydrogen-bond acceptors (Lipinski definition) is 3. The molecule has 0 aromatic carbocycles. The van der Waals surface area contributed by atoms with E-state index in [4.69, 9.17) is 5.73 Å². The zero-order chi connectivity index (χ0) is 14.6. The van der Waals surface area contributed by atoms with E-state index in [-0.39, 0.29) is 0 Å². The lowest BCUT2D eigenvalue weighted by molar-refractivity contribution is -0.0735. The van der Waals surface area contributed by atoms with Gasteiger partial charge in [0, 0.05) is 17.8 Å². The molecule has 0 aliphatic heterocycles. The number of aromatic nitrogens is 1. The Kier molecular flexibility index (Phi) is 3.04. The van der Waals surface area contributed by atoms with E-state index in [2.05, 4.69) is 30.3 Å². The summed E-state index contributed by atoms with van der Waals surface area (Å²) < 4.78 is 0. The van der Waals surface area contributed by atoms with Crippen LogP contribution in [0.2, 0.25) is 0 Å². The van der Waals surface area contributed by atoms with E-state index in [9.17, 15) is 0 Å². The molecule has 0 spiro atoms. The molecule has 1 atom stereocenters. The maximum absolute atomic E-state index is 6.23.